The quantitative estimate of drug-likeness (QED) is 0.750. The molecule has 0 bridgehead atoms. The van der Waals surface area contributed by atoms with Crippen molar-refractivity contribution >= 4 is 29.1 Å². The number of ether oxygens (including phenoxy) is 3. The third-order valence-corrected chi connectivity index (χ3v) is 6.34. The molecule has 0 unspecified atom stereocenters. The van der Waals surface area contributed by atoms with E-state index >= 15 is 0 Å². The summed E-state index contributed by atoms with van der Waals surface area (Å²) in [6.07, 6.45) is 1.47. The Bertz CT molecular complexity index is 1090. The van der Waals surface area contributed by atoms with E-state index in [1.54, 1.807) is 59.4 Å². The highest BCUT2D eigenvalue weighted by Gasteiger charge is 2.42. The van der Waals surface area contributed by atoms with Crippen LogP contribution in [0, 0.1) is 5.92 Å². The molecule has 0 radical (unpaired) electrons. The number of nitrogens with one attached hydrogen (secondary N) is 1. The van der Waals surface area contributed by atoms with Crippen molar-refractivity contribution in [3.05, 3.63) is 42.5 Å². The van der Waals surface area contributed by atoms with Crippen LogP contribution in [0.25, 0.3) is 0 Å². The van der Waals surface area contributed by atoms with Crippen LogP contribution < -0.4 is 24.4 Å². The number of anilines is 2. The van der Waals surface area contributed by atoms with Crippen molar-refractivity contribution in [1.29, 1.82) is 0 Å². The maximum Gasteiger partial charge on any atom is 0.247 e. The molecule has 2 atom stereocenters. The maximum atomic E-state index is 13.3. The van der Waals surface area contributed by atoms with Crippen molar-refractivity contribution in [3.63, 3.8) is 0 Å². The van der Waals surface area contributed by atoms with Gasteiger partial charge in [-0.05, 0) is 49.2 Å². The van der Waals surface area contributed by atoms with E-state index in [1.165, 1.54) is 0 Å². The number of carbonyl (C=O) groups excluding carboxylic acids is 3. The normalized spacial score (nSPS) is 21.4. The van der Waals surface area contributed by atoms with E-state index in [0.29, 0.717) is 41.6 Å². The molecule has 0 aliphatic carbocycles. The van der Waals surface area contributed by atoms with Crippen molar-refractivity contribution < 1.29 is 28.6 Å². The summed E-state index contributed by atoms with van der Waals surface area (Å²) < 4.78 is 15.9. The monoisotopic (exact) mass is 451 g/mol. The fraction of sp³-hybridized carbons (Fsp3) is 0.375. The lowest BCUT2D eigenvalue weighted by Gasteiger charge is -2.26. The second-order valence-electron chi connectivity index (χ2n) is 8.35. The standard InChI is InChI=1S/C24H25N3O6/c1-31-18-7-4-16(5-8-18)25-23(29)19-3-2-10-26(19)24(30)15-11-22(28)27(13-15)17-6-9-20-21(12-17)33-14-32-20/h4-9,12,15,19H,2-3,10-11,13-14H2,1H3,(H,25,29)/t15-,19+/m1/s1. The highest BCUT2D eigenvalue weighted by molar-refractivity contribution is 6.02. The lowest BCUT2D eigenvalue weighted by Crippen LogP contribution is -2.46. The van der Waals surface area contributed by atoms with Crippen LogP contribution in [-0.4, -0.2) is 55.7 Å². The Labute approximate surface area is 191 Å². The van der Waals surface area contributed by atoms with Crippen LogP contribution in [0.1, 0.15) is 19.3 Å². The Morgan fingerprint density at radius 1 is 1.09 bits per heavy atom. The SMILES string of the molecule is COc1ccc(NC(=O)[C@@H]2CCCN2C(=O)[C@@H]2CC(=O)N(c3ccc4c(c3)OCO4)C2)cc1. The molecule has 1 N–H and O–H groups in total. The zero-order valence-electron chi connectivity index (χ0n) is 18.3. The minimum absolute atomic E-state index is 0.120. The molecule has 2 saturated heterocycles. The van der Waals surface area contributed by atoms with E-state index in [-0.39, 0.29) is 37.5 Å². The molecule has 2 aromatic carbocycles. The number of rotatable bonds is 5. The third kappa shape index (κ3) is 4.06. The number of benzene rings is 2. The molecule has 2 fully saturated rings. The van der Waals surface area contributed by atoms with Gasteiger partial charge in [-0.1, -0.05) is 0 Å². The number of hydrogen-bond donors (Lipinski definition) is 1. The summed E-state index contributed by atoms with van der Waals surface area (Å²) in [6, 6.07) is 11.8. The van der Waals surface area contributed by atoms with Gasteiger partial charge in [0.05, 0.1) is 13.0 Å². The molecular weight excluding hydrogens is 426 g/mol. The van der Waals surface area contributed by atoms with Crippen molar-refractivity contribution in [2.45, 2.75) is 25.3 Å². The summed E-state index contributed by atoms with van der Waals surface area (Å²) in [5, 5.41) is 2.89. The molecule has 2 aromatic rings. The molecular formula is C24H25N3O6. The number of hydrogen-bond acceptors (Lipinski definition) is 6. The minimum Gasteiger partial charge on any atom is -0.497 e. The fourth-order valence-electron chi connectivity index (χ4n) is 4.61. The van der Waals surface area contributed by atoms with E-state index in [1.807, 2.05) is 0 Å². The van der Waals surface area contributed by atoms with Gasteiger partial charge in [-0.2, -0.15) is 0 Å². The number of nitrogens with zero attached hydrogens (tertiary/aromatic N) is 2. The molecule has 0 aromatic heterocycles. The lowest BCUT2D eigenvalue weighted by molar-refractivity contribution is -0.140. The molecule has 33 heavy (non-hydrogen) atoms. The van der Waals surface area contributed by atoms with Crippen molar-refractivity contribution in [1.82, 2.24) is 4.90 Å². The Kier molecular flexibility index (Phi) is 5.53. The topological polar surface area (TPSA) is 97.4 Å². The number of carbonyl (C=O) groups is 3. The maximum absolute atomic E-state index is 13.3. The van der Waals surface area contributed by atoms with Gasteiger partial charge in [-0.15, -0.1) is 0 Å². The van der Waals surface area contributed by atoms with Gasteiger partial charge in [0.25, 0.3) is 0 Å². The molecule has 3 amide bonds. The van der Waals surface area contributed by atoms with Crippen LogP contribution in [0.3, 0.4) is 0 Å². The van der Waals surface area contributed by atoms with Gasteiger partial charge in [0.1, 0.15) is 11.8 Å². The van der Waals surface area contributed by atoms with Crippen LogP contribution >= 0.6 is 0 Å². The van der Waals surface area contributed by atoms with Gasteiger partial charge in [0.2, 0.25) is 24.5 Å². The second-order valence-corrected chi connectivity index (χ2v) is 8.35. The largest absolute Gasteiger partial charge is 0.497 e. The first-order valence-corrected chi connectivity index (χ1v) is 11.0. The summed E-state index contributed by atoms with van der Waals surface area (Å²) >= 11 is 0. The minimum atomic E-state index is -0.547. The Balaban J connectivity index is 1.25. The predicted octanol–water partition coefficient (Wildman–Crippen LogP) is 2.41. The zero-order valence-corrected chi connectivity index (χ0v) is 18.3. The summed E-state index contributed by atoms with van der Waals surface area (Å²) in [5.41, 5.74) is 1.32. The number of methoxy groups -OCH3 is 1. The highest BCUT2D eigenvalue weighted by atomic mass is 16.7. The molecule has 0 spiro atoms. The van der Waals surface area contributed by atoms with Gasteiger partial charge in [0, 0.05) is 37.0 Å². The molecule has 0 saturated carbocycles. The summed E-state index contributed by atoms with van der Waals surface area (Å²) in [4.78, 5) is 42.2. The Morgan fingerprint density at radius 2 is 1.88 bits per heavy atom. The first kappa shape index (κ1) is 21.1. The average molecular weight is 451 g/mol. The molecule has 172 valence electrons. The van der Waals surface area contributed by atoms with Gasteiger partial charge in [-0.3, -0.25) is 14.4 Å². The lowest BCUT2D eigenvalue weighted by atomic mass is 10.1. The average Bonchev–Trinajstić information content (AvgIpc) is 3.58. The highest BCUT2D eigenvalue weighted by Crippen LogP contribution is 2.37. The van der Waals surface area contributed by atoms with Crippen LogP contribution in [0.5, 0.6) is 17.2 Å². The van der Waals surface area contributed by atoms with Crippen molar-refractivity contribution in [2.75, 3.05) is 37.2 Å². The second kappa shape index (κ2) is 8.65. The van der Waals surface area contributed by atoms with Crippen molar-refractivity contribution in [3.8, 4) is 17.2 Å². The van der Waals surface area contributed by atoms with Gasteiger partial charge in [-0.25, -0.2) is 0 Å². The molecule has 9 heteroatoms. The summed E-state index contributed by atoms with van der Waals surface area (Å²) in [6.45, 7) is 0.942. The van der Waals surface area contributed by atoms with E-state index in [4.69, 9.17) is 14.2 Å². The van der Waals surface area contributed by atoms with E-state index in [0.717, 1.165) is 6.42 Å². The van der Waals surface area contributed by atoms with E-state index in [9.17, 15) is 14.4 Å². The molecule has 3 aliphatic rings. The first-order chi connectivity index (χ1) is 16.0. The van der Waals surface area contributed by atoms with Crippen molar-refractivity contribution in [2.24, 2.45) is 5.92 Å². The van der Waals surface area contributed by atoms with Crippen LogP contribution in [0.15, 0.2) is 42.5 Å². The molecule has 3 heterocycles. The van der Waals surface area contributed by atoms with Crippen LogP contribution in [-0.2, 0) is 14.4 Å². The fourth-order valence-corrected chi connectivity index (χ4v) is 4.61. The zero-order chi connectivity index (χ0) is 22.9. The van der Waals surface area contributed by atoms with E-state index < -0.39 is 12.0 Å². The van der Waals surface area contributed by atoms with E-state index in [2.05, 4.69) is 5.32 Å². The first-order valence-electron chi connectivity index (χ1n) is 11.0. The smallest absolute Gasteiger partial charge is 0.247 e. The number of amides is 3. The van der Waals surface area contributed by atoms with Gasteiger partial charge < -0.3 is 29.3 Å². The number of likely N-dealkylation sites (tertiary alicyclic amines) is 1. The summed E-state index contributed by atoms with van der Waals surface area (Å²) in [7, 11) is 1.58. The van der Waals surface area contributed by atoms with Gasteiger partial charge >= 0.3 is 0 Å². The molecule has 9 nitrogen and oxygen atoms in total. The Morgan fingerprint density at radius 3 is 2.67 bits per heavy atom. The van der Waals surface area contributed by atoms with Crippen LogP contribution in [0.2, 0.25) is 0 Å². The predicted molar refractivity (Wildman–Crippen MR) is 119 cm³/mol. The number of fused-ring (bicyclic) bond motifs is 1. The molecule has 3 aliphatic heterocycles. The van der Waals surface area contributed by atoms with Crippen LogP contribution in [0.4, 0.5) is 11.4 Å². The molecule has 5 rings (SSSR count). The summed E-state index contributed by atoms with van der Waals surface area (Å²) in [5.74, 6) is 0.944. The van der Waals surface area contributed by atoms with Gasteiger partial charge in [0.15, 0.2) is 11.5 Å². The Hall–Kier alpha value is -3.75. The third-order valence-electron chi connectivity index (χ3n) is 6.34.